The summed E-state index contributed by atoms with van der Waals surface area (Å²) in [5.74, 6) is 1.55. The molecule has 3 heterocycles. The van der Waals surface area contributed by atoms with E-state index in [-0.39, 0.29) is 24.0 Å². The van der Waals surface area contributed by atoms with Crippen molar-refractivity contribution in [3.8, 4) is 0 Å². The largest absolute Gasteiger partial charge is 0.383 e. The van der Waals surface area contributed by atoms with Crippen LogP contribution in [0.1, 0.15) is 18.7 Å². The summed E-state index contributed by atoms with van der Waals surface area (Å²) in [5, 5.41) is 19.3. The predicted molar refractivity (Wildman–Crippen MR) is 134 cm³/mol. The molecule has 0 radical (unpaired) electrons. The van der Waals surface area contributed by atoms with Crippen LogP contribution in [0.25, 0.3) is 0 Å². The Kier molecular flexibility index (Phi) is 10.2. The normalized spacial score (nSPS) is 17.2. The number of aromatic nitrogens is 2. The molecule has 2 aromatic heterocycles. The summed E-state index contributed by atoms with van der Waals surface area (Å²) < 4.78 is 0. The van der Waals surface area contributed by atoms with Crippen LogP contribution in [0.2, 0.25) is 0 Å². The van der Waals surface area contributed by atoms with Crippen molar-refractivity contribution in [2.45, 2.75) is 19.4 Å². The summed E-state index contributed by atoms with van der Waals surface area (Å²) in [6.07, 6.45) is 3.58. The van der Waals surface area contributed by atoms with E-state index in [1.165, 1.54) is 0 Å². The second-order valence-corrected chi connectivity index (χ2v) is 8.20. The minimum Gasteiger partial charge on any atom is -0.383 e. The van der Waals surface area contributed by atoms with Gasteiger partial charge in [-0.2, -0.15) is 0 Å². The van der Waals surface area contributed by atoms with E-state index in [2.05, 4.69) is 35.4 Å². The fraction of sp³-hybridized carbons (Fsp3) is 0.550. The maximum atomic E-state index is 10.7. The molecule has 0 spiro atoms. The minimum absolute atomic E-state index is 0. The van der Waals surface area contributed by atoms with Crippen molar-refractivity contribution < 1.29 is 5.11 Å². The van der Waals surface area contributed by atoms with Crippen LogP contribution in [0.3, 0.4) is 0 Å². The third kappa shape index (κ3) is 7.33. The highest BCUT2D eigenvalue weighted by Gasteiger charge is 2.24. The molecular formula is C20H32IN7OS. The molecule has 1 unspecified atom stereocenters. The molecule has 8 nitrogen and oxygen atoms in total. The highest BCUT2D eigenvalue weighted by molar-refractivity contribution is 14.0. The van der Waals surface area contributed by atoms with Crippen LogP contribution >= 0.6 is 35.3 Å². The van der Waals surface area contributed by atoms with Gasteiger partial charge in [-0.25, -0.2) is 15.0 Å². The number of aliphatic hydroxyl groups is 1. The molecule has 3 rings (SSSR count). The summed E-state index contributed by atoms with van der Waals surface area (Å²) in [6, 6.07) is 5.74. The van der Waals surface area contributed by atoms with E-state index in [0.29, 0.717) is 6.54 Å². The zero-order valence-corrected chi connectivity index (χ0v) is 20.8. The van der Waals surface area contributed by atoms with E-state index in [0.717, 1.165) is 62.6 Å². The lowest BCUT2D eigenvalue weighted by molar-refractivity contribution is 0.0711. The first-order valence-corrected chi connectivity index (χ1v) is 11.0. The number of aliphatic imine (C=N–C) groups is 1. The Hall–Kier alpha value is -1.50. The third-order valence-corrected chi connectivity index (χ3v) is 5.99. The van der Waals surface area contributed by atoms with E-state index >= 15 is 0 Å². The minimum atomic E-state index is -0.952. The molecule has 3 N–H and O–H groups in total. The van der Waals surface area contributed by atoms with Gasteiger partial charge in [-0.15, -0.1) is 35.3 Å². The lowest BCUT2D eigenvalue weighted by atomic mass is 10.1. The summed E-state index contributed by atoms with van der Waals surface area (Å²) in [5.41, 5.74) is -0.952. The van der Waals surface area contributed by atoms with E-state index < -0.39 is 5.60 Å². The van der Waals surface area contributed by atoms with E-state index in [1.807, 2.05) is 37.4 Å². The van der Waals surface area contributed by atoms with Gasteiger partial charge in [-0.05, 0) is 31.4 Å². The van der Waals surface area contributed by atoms with Gasteiger partial charge in [0.2, 0.25) is 5.95 Å². The van der Waals surface area contributed by atoms with Gasteiger partial charge in [-0.1, -0.05) is 6.07 Å². The quantitative estimate of drug-likeness (QED) is 0.265. The predicted octanol–water partition coefficient (Wildman–Crippen LogP) is 1.74. The zero-order valence-electron chi connectivity index (χ0n) is 17.6. The number of nitrogens with zero attached hydrogens (tertiary/aromatic N) is 5. The van der Waals surface area contributed by atoms with Crippen LogP contribution in [0, 0.1) is 0 Å². The Morgan fingerprint density at radius 1 is 1.20 bits per heavy atom. The topological polar surface area (TPSA) is 88.9 Å². The lowest BCUT2D eigenvalue weighted by Crippen LogP contribution is -2.49. The number of hydrogen-bond donors (Lipinski definition) is 3. The molecule has 30 heavy (non-hydrogen) atoms. The average Bonchev–Trinajstić information content (AvgIpc) is 3.29. The van der Waals surface area contributed by atoms with Gasteiger partial charge < -0.3 is 20.6 Å². The number of piperazine rings is 1. The van der Waals surface area contributed by atoms with Crippen molar-refractivity contribution in [1.29, 1.82) is 0 Å². The van der Waals surface area contributed by atoms with Crippen molar-refractivity contribution in [3.05, 3.63) is 40.8 Å². The van der Waals surface area contributed by atoms with Crippen LogP contribution in [-0.2, 0) is 5.60 Å². The standard InChI is InChI=1S/C20H31N7OS.HI/c1-3-21-18(25-16-20(2,28)17-6-4-15-29-17)22-9-10-26-11-13-27(14-12-26)19-23-7-5-8-24-19;/h4-8,15,28H,3,9-14,16H2,1-2H3,(H2,21,22,25);1H. The summed E-state index contributed by atoms with van der Waals surface area (Å²) in [6.45, 7) is 10.5. The SMILES string of the molecule is CCNC(=NCC(C)(O)c1cccs1)NCCN1CCN(c2ncccn2)CC1.I. The van der Waals surface area contributed by atoms with Crippen LogP contribution in [0.5, 0.6) is 0 Å². The summed E-state index contributed by atoms with van der Waals surface area (Å²) >= 11 is 1.55. The van der Waals surface area contributed by atoms with E-state index in [9.17, 15) is 5.11 Å². The third-order valence-electron chi connectivity index (χ3n) is 4.87. The number of thiophene rings is 1. The number of rotatable bonds is 8. The molecule has 0 saturated carbocycles. The molecular weight excluding hydrogens is 513 g/mol. The maximum absolute atomic E-state index is 10.7. The van der Waals surface area contributed by atoms with Crippen molar-refractivity contribution in [2.24, 2.45) is 4.99 Å². The number of nitrogens with one attached hydrogen (secondary N) is 2. The number of guanidine groups is 1. The molecule has 0 bridgehead atoms. The molecule has 1 atom stereocenters. The van der Waals surface area contributed by atoms with Crippen LogP contribution < -0.4 is 15.5 Å². The number of anilines is 1. The van der Waals surface area contributed by atoms with Crippen LogP contribution in [0.15, 0.2) is 41.0 Å². The second kappa shape index (κ2) is 12.4. The molecule has 10 heteroatoms. The van der Waals surface area contributed by atoms with Gasteiger partial charge in [0.25, 0.3) is 0 Å². The van der Waals surface area contributed by atoms with E-state index in [1.54, 1.807) is 23.7 Å². The number of hydrogen-bond acceptors (Lipinski definition) is 7. The average molecular weight is 545 g/mol. The van der Waals surface area contributed by atoms with E-state index in [4.69, 9.17) is 0 Å². The van der Waals surface area contributed by atoms with Crippen molar-refractivity contribution in [3.63, 3.8) is 0 Å². The van der Waals surface area contributed by atoms with Gasteiger partial charge in [0.05, 0.1) is 6.54 Å². The molecule has 0 aliphatic carbocycles. The summed E-state index contributed by atoms with van der Waals surface area (Å²) in [4.78, 5) is 18.8. The first-order chi connectivity index (χ1) is 14.1. The maximum Gasteiger partial charge on any atom is 0.225 e. The molecule has 166 valence electrons. The number of halogens is 1. The Bertz CT molecular complexity index is 750. The molecule has 1 aliphatic heterocycles. The van der Waals surface area contributed by atoms with Crippen molar-refractivity contribution in [2.75, 3.05) is 57.3 Å². The highest BCUT2D eigenvalue weighted by Crippen LogP contribution is 2.25. The molecule has 1 saturated heterocycles. The van der Waals surface area contributed by atoms with Gasteiger partial charge in [-0.3, -0.25) is 4.90 Å². The lowest BCUT2D eigenvalue weighted by Gasteiger charge is -2.34. The smallest absolute Gasteiger partial charge is 0.225 e. The van der Waals surface area contributed by atoms with Gasteiger partial charge >= 0.3 is 0 Å². The Morgan fingerprint density at radius 3 is 2.57 bits per heavy atom. The zero-order chi connectivity index (χ0) is 20.5. The molecule has 1 fully saturated rings. The first kappa shape index (κ1) is 24.8. The van der Waals surface area contributed by atoms with Gasteiger partial charge in [0.1, 0.15) is 5.60 Å². The van der Waals surface area contributed by atoms with Crippen LogP contribution in [-0.4, -0.2) is 78.3 Å². The van der Waals surface area contributed by atoms with Crippen molar-refractivity contribution >= 4 is 47.2 Å². The highest BCUT2D eigenvalue weighted by atomic mass is 127. The van der Waals surface area contributed by atoms with Crippen molar-refractivity contribution in [1.82, 2.24) is 25.5 Å². The Balaban J connectivity index is 0.00000320. The van der Waals surface area contributed by atoms with Crippen LogP contribution in [0.4, 0.5) is 5.95 Å². The molecule has 0 amide bonds. The van der Waals surface area contributed by atoms with Gasteiger partial charge in [0, 0.05) is 63.1 Å². The second-order valence-electron chi connectivity index (χ2n) is 7.25. The Morgan fingerprint density at radius 2 is 1.93 bits per heavy atom. The fourth-order valence-corrected chi connectivity index (χ4v) is 3.98. The Labute approximate surface area is 199 Å². The summed E-state index contributed by atoms with van der Waals surface area (Å²) in [7, 11) is 0. The molecule has 1 aliphatic rings. The molecule has 2 aromatic rings. The fourth-order valence-electron chi connectivity index (χ4n) is 3.20. The molecule has 0 aromatic carbocycles. The van der Waals surface area contributed by atoms with Gasteiger partial charge in [0.15, 0.2) is 5.96 Å². The first-order valence-electron chi connectivity index (χ1n) is 10.1. The monoisotopic (exact) mass is 545 g/mol.